The van der Waals surface area contributed by atoms with Gasteiger partial charge in [-0.2, -0.15) is 0 Å². The molecule has 0 unspecified atom stereocenters. The first-order chi connectivity index (χ1) is 11.8. The Labute approximate surface area is 145 Å². The Bertz CT molecular complexity index is 866. The molecule has 0 aliphatic heterocycles. The number of hydrogen-bond acceptors (Lipinski definition) is 4. The van der Waals surface area contributed by atoms with E-state index in [4.69, 9.17) is 0 Å². The molecule has 3 N–H and O–H groups in total. The number of carboxylic acid groups (broad SMARTS) is 1. The van der Waals surface area contributed by atoms with Crippen molar-refractivity contribution in [3.8, 4) is 0 Å². The lowest BCUT2D eigenvalue weighted by atomic mass is 10.1. The number of sulfonamides is 1. The van der Waals surface area contributed by atoms with E-state index in [1.165, 1.54) is 12.1 Å². The molecule has 2 aromatic carbocycles. The molecule has 1 atom stereocenters. The number of benzene rings is 2. The van der Waals surface area contributed by atoms with Gasteiger partial charge in [-0.25, -0.2) is 22.7 Å². The summed E-state index contributed by atoms with van der Waals surface area (Å²) in [6.45, 7) is 1.60. The van der Waals surface area contributed by atoms with Crippen LogP contribution in [0.25, 0.3) is 0 Å². The molecule has 2 amide bonds. The number of rotatable bonds is 6. The molecule has 0 saturated heterocycles. The lowest BCUT2D eigenvalue weighted by Crippen LogP contribution is -2.48. The molecule has 0 aliphatic rings. The summed E-state index contributed by atoms with van der Waals surface area (Å²) in [7, 11) is -4.09. The molecule has 132 valence electrons. The van der Waals surface area contributed by atoms with E-state index in [2.05, 4.69) is 5.32 Å². The van der Waals surface area contributed by atoms with Gasteiger partial charge >= 0.3 is 12.0 Å². The minimum Gasteiger partial charge on any atom is -0.480 e. The molecule has 0 bridgehead atoms. The zero-order chi connectivity index (χ0) is 18.4. The lowest BCUT2D eigenvalue weighted by Gasteiger charge is -2.16. The van der Waals surface area contributed by atoms with Crippen molar-refractivity contribution in [2.45, 2.75) is 24.3 Å². The third-order valence-electron chi connectivity index (χ3n) is 3.50. The number of hydrogen-bond donors (Lipinski definition) is 3. The van der Waals surface area contributed by atoms with Gasteiger partial charge in [0.05, 0.1) is 4.90 Å². The summed E-state index contributed by atoms with van der Waals surface area (Å²) >= 11 is 0. The fourth-order valence-corrected chi connectivity index (χ4v) is 3.44. The SMILES string of the molecule is Cc1ccccc1S(=O)(=O)NC(=O)N[C@@H](Cc1ccccc1)C(=O)O. The van der Waals surface area contributed by atoms with Crippen LogP contribution in [-0.4, -0.2) is 31.6 Å². The van der Waals surface area contributed by atoms with E-state index in [0.29, 0.717) is 11.1 Å². The number of nitrogens with one attached hydrogen (secondary N) is 2. The van der Waals surface area contributed by atoms with E-state index in [1.54, 1.807) is 49.4 Å². The Kier molecular flexibility index (Phi) is 5.76. The zero-order valence-corrected chi connectivity index (χ0v) is 14.3. The molecule has 0 aromatic heterocycles. The normalized spacial score (nSPS) is 12.2. The summed E-state index contributed by atoms with van der Waals surface area (Å²) in [6, 6.07) is 12.6. The first-order valence-corrected chi connectivity index (χ1v) is 8.93. The zero-order valence-electron chi connectivity index (χ0n) is 13.5. The molecule has 7 nitrogen and oxygen atoms in total. The number of urea groups is 1. The standard InChI is InChI=1S/C17H18N2O5S/c1-12-7-5-6-10-15(12)25(23,24)19-17(22)18-14(16(20)21)11-13-8-3-2-4-9-13/h2-10,14H,11H2,1H3,(H,20,21)(H2,18,19,22)/t14-/m0/s1. The van der Waals surface area contributed by atoms with Gasteiger partial charge in [0.15, 0.2) is 0 Å². The van der Waals surface area contributed by atoms with Crippen molar-refractivity contribution in [3.63, 3.8) is 0 Å². The van der Waals surface area contributed by atoms with E-state index in [0.717, 1.165) is 0 Å². The van der Waals surface area contributed by atoms with Gasteiger partial charge in [0, 0.05) is 6.42 Å². The monoisotopic (exact) mass is 362 g/mol. The molecule has 0 saturated carbocycles. The largest absolute Gasteiger partial charge is 0.480 e. The van der Waals surface area contributed by atoms with Crippen molar-refractivity contribution < 1.29 is 23.1 Å². The fraction of sp³-hybridized carbons (Fsp3) is 0.176. The van der Waals surface area contributed by atoms with Crippen LogP contribution in [0.1, 0.15) is 11.1 Å². The van der Waals surface area contributed by atoms with Crippen LogP contribution in [0.2, 0.25) is 0 Å². The molecule has 8 heteroatoms. The summed E-state index contributed by atoms with van der Waals surface area (Å²) in [5, 5.41) is 11.4. The summed E-state index contributed by atoms with van der Waals surface area (Å²) < 4.78 is 26.4. The highest BCUT2D eigenvalue weighted by Gasteiger charge is 2.24. The predicted octanol–water partition coefficient (Wildman–Crippen LogP) is 1.68. The van der Waals surface area contributed by atoms with Crippen molar-refractivity contribution in [2.24, 2.45) is 0 Å². The summed E-state index contributed by atoms with van der Waals surface area (Å²) in [4.78, 5) is 23.3. The van der Waals surface area contributed by atoms with E-state index >= 15 is 0 Å². The van der Waals surface area contributed by atoms with E-state index in [9.17, 15) is 23.1 Å². The van der Waals surface area contributed by atoms with Gasteiger partial charge in [0.25, 0.3) is 10.0 Å². The molecule has 0 heterocycles. The molecule has 2 rings (SSSR count). The molecular weight excluding hydrogens is 344 g/mol. The van der Waals surface area contributed by atoms with Crippen LogP contribution in [0.4, 0.5) is 4.79 Å². The Morgan fingerprint density at radius 2 is 1.64 bits per heavy atom. The predicted molar refractivity (Wildman–Crippen MR) is 91.6 cm³/mol. The highest BCUT2D eigenvalue weighted by molar-refractivity contribution is 7.90. The summed E-state index contributed by atoms with van der Waals surface area (Å²) in [5.41, 5.74) is 1.18. The second kappa shape index (κ2) is 7.80. The number of aliphatic carboxylic acids is 1. The Balaban J connectivity index is 2.09. The molecule has 0 spiro atoms. The first-order valence-electron chi connectivity index (χ1n) is 7.45. The highest BCUT2D eigenvalue weighted by Crippen LogP contribution is 2.13. The first kappa shape index (κ1) is 18.5. The topological polar surface area (TPSA) is 113 Å². The fourth-order valence-electron chi connectivity index (χ4n) is 2.27. The van der Waals surface area contributed by atoms with Crippen molar-refractivity contribution in [1.82, 2.24) is 10.0 Å². The average Bonchev–Trinajstić information content (AvgIpc) is 2.54. The van der Waals surface area contributed by atoms with Crippen molar-refractivity contribution >= 4 is 22.0 Å². The van der Waals surface area contributed by atoms with Gasteiger partial charge in [-0.3, -0.25) is 0 Å². The Morgan fingerprint density at radius 3 is 2.24 bits per heavy atom. The quantitative estimate of drug-likeness (QED) is 0.724. The summed E-state index contributed by atoms with van der Waals surface area (Å²) in [6.07, 6.45) is 0.0357. The smallest absolute Gasteiger partial charge is 0.329 e. The minimum absolute atomic E-state index is 0.0357. The maximum Gasteiger partial charge on any atom is 0.329 e. The van der Waals surface area contributed by atoms with E-state index in [1.807, 2.05) is 4.72 Å². The van der Waals surface area contributed by atoms with Crippen LogP contribution in [0.15, 0.2) is 59.5 Å². The van der Waals surface area contributed by atoms with Gasteiger partial charge in [0.2, 0.25) is 0 Å². The van der Waals surface area contributed by atoms with Crippen LogP contribution < -0.4 is 10.0 Å². The lowest BCUT2D eigenvalue weighted by molar-refractivity contribution is -0.139. The molecule has 0 aliphatic carbocycles. The van der Waals surface area contributed by atoms with E-state index < -0.39 is 28.1 Å². The Morgan fingerprint density at radius 1 is 1.04 bits per heavy atom. The number of carboxylic acids is 1. The van der Waals surface area contributed by atoms with Crippen LogP contribution in [0.5, 0.6) is 0 Å². The van der Waals surface area contributed by atoms with Gasteiger partial charge in [0.1, 0.15) is 6.04 Å². The molecule has 0 fully saturated rings. The number of aryl methyl sites for hydroxylation is 1. The second-order valence-electron chi connectivity index (χ2n) is 5.43. The Hall–Kier alpha value is -2.87. The van der Waals surface area contributed by atoms with Crippen LogP contribution in [0, 0.1) is 6.92 Å². The second-order valence-corrected chi connectivity index (χ2v) is 7.08. The molecular formula is C17H18N2O5S. The summed E-state index contributed by atoms with van der Waals surface area (Å²) in [5.74, 6) is -1.26. The number of carbonyl (C=O) groups is 2. The van der Waals surface area contributed by atoms with Crippen molar-refractivity contribution in [1.29, 1.82) is 0 Å². The van der Waals surface area contributed by atoms with Crippen LogP contribution in [-0.2, 0) is 21.2 Å². The highest BCUT2D eigenvalue weighted by atomic mass is 32.2. The third kappa shape index (κ3) is 5.05. The van der Waals surface area contributed by atoms with Gasteiger partial charge in [-0.05, 0) is 24.1 Å². The van der Waals surface area contributed by atoms with E-state index in [-0.39, 0.29) is 11.3 Å². The van der Waals surface area contributed by atoms with Crippen molar-refractivity contribution in [3.05, 3.63) is 65.7 Å². The van der Waals surface area contributed by atoms with Gasteiger partial charge < -0.3 is 10.4 Å². The number of carbonyl (C=O) groups excluding carboxylic acids is 1. The molecule has 0 radical (unpaired) electrons. The minimum atomic E-state index is -4.09. The van der Waals surface area contributed by atoms with Gasteiger partial charge in [-0.15, -0.1) is 0 Å². The molecule has 2 aromatic rings. The maximum absolute atomic E-state index is 12.3. The van der Waals surface area contributed by atoms with Crippen LogP contribution in [0.3, 0.4) is 0 Å². The number of amides is 2. The average molecular weight is 362 g/mol. The maximum atomic E-state index is 12.3. The third-order valence-corrected chi connectivity index (χ3v) is 4.99. The van der Waals surface area contributed by atoms with Crippen LogP contribution >= 0.6 is 0 Å². The molecule has 25 heavy (non-hydrogen) atoms. The van der Waals surface area contributed by atoms with Gasteiger partial charge in [-0.1, -0.05) is 48.5 Å². The van der Waals surface area contributed by atoms with Crippen molar-refractivity contribution in [2.75, 3.05) is 0 Å².